The van der Waals surface area contributed by atoms with E-state index in [0.29, 0.717) is 0 Å². The van der Waals surface area contributed by atoms with Crippen molar-refractivity contribution in [2.24, 2.45) is 10.2 Å². The highest BCUT2D eigenvalue weighted by molar-refractivity contribution is 5.71. The van der Waals surface area contributed by atoms with Gasteiger partial charge in [0.1, 0.15) is 0 Å². The van der Waals surface area contributed by atoms with E-state index in [4.69, 9.17) is 0 Å². The lowest BCUT2D eigenvalue weighted by Gasteiger charge is -1.98. The van der Waals surface area contributed by atoms with E-state index in [1.807, 2.05) is 84.9 Å². The zero-order chi connectivity index (χ0) is 20.4. The first-order chi connectivity index (χ1) is 14.8. The lowest BCUT2D eigenvalue weighted by Crippen LogP contribution is -1.73. The molecule has 30 heavy (non-hydrogen) atoms. The summed E-state index contributed by atoms with van der Waals surface area (Å²) in [6.07, 6.45) is 8.39. The molecule has 0 unspecified atom stereocenters. The summed E-state index contributed by atoms with van der Waals surface area (Å²) in [4.78, 5) is 0. The van der Waals surface area contributed by atoms with Crippen molar-refractivity contribution in [2.75, 3.05) is 0 Å². The lowest BCUT2D eigenvalue weighted by molar-refractivity contribution is 1.23. The van der Waals surface area contributed by atoms with Gasteiger partial charge in [0.15, 0.2) is 0 Å². The Morgan fingerprint density at radius 3 is 0.967 bits per heavy atom. The fourth-order valence-electron chi connectivity index (χ4n) is 2.93. The van der Waals surface area contributed by atoms with Crippen LogP contribution in [0.2, 0.25) is 0 Å². The van der Waals surface area contributed by atoms with Crippen LogP contribution in [-0.2, 0) is 0 Å². The quantitative estimate of drug-likeness (QED) is 0.235. The van der Waals surface area contributed by atoms with Crippen LogP contribution in [0.5, 0.6) is 0 Å². The predicted molar refractivity (Wildman–Crippen MR) is 128 cm³/mol. The summed E-state index contributed by atoms with van der Waals surface area (Å²) in [5.74, 6) is 0. The molecule has 4 aromatic rings. The standard InChI is InChI=1S/C28H22N2/c1-3-7-23(8-4-1)11-13-25-15-19-27(20-16-25)29-30-28-21-17-26(18-22-28)14-12-24-9-5-2-6-10-24/h1-22H. The monoisotopic (exact) mass is 386 g/mol. The highest BCUT2D eigenvalue weighted by atomic mass is 15.1. The molecule has 0 aromatic heterocycles. The van der Waals surface area contributed by atoms with Crippen molar-refractivity contribution in [2.45, 2.75) is 0 Å². The fourth-order valence-corrected chi connectivity index (χ4v) is 2.93. The zero-order valence-corrected chi connectivity index (χ0v) is 16.6. The first-order valence-electron chi connectivity index (χ1n) is 9.93. The number of azo groups is 1. The van der Waals surface area contributed by atoms with Crippen LogP contribution in [0, 0.1) is 0 Å². The summed E-state index contributed by atoms with van der Waals surface area (Å²) < 4.78 is 0. The molecule has 0 atom stereocenters. The molecular formula is C28H22N2. The Morgan fingerprint density at radius 1 is 0.333 bits per heavy atom. The van der Waals surface area contributed by atoms with Gasteiger partial charge in [-0.3, -0.25) is 0 Å². The minimum Gasteiger partial charge on any atom is -0.151 e. The lowest BCUT2D eigenvalue weighted by atomic mass is 10.1. The van der Waals surface area contributed by atoms with Gasteiger partial charge in [-0.15, -0.1) is 0 Å². The van der Waals surface area contributed by atoms with Gasteiger partial charge in [-0.2, -0.15) is 10.2 Å². The Hall–Kier alpha value is -4.04. The summed E-state index contributed by atoms with van der Waals surface area (Å²) >= 11 is 0. The van der Waals surface area contributed by atoms with Crippen molar-refractivity contribution in [1.29, 1.82) is 0 Å². The van der Waals surface area contributed by atoms with Crippen molar-refractivity contribution in [1.82, 2.24) is 0 Å². The summed E-state index contributed by atoms with van der Waals surface area (Å²) in [5.41, 5.74) is 6.30. The van der Waals surface area contributed by atoms with Gasteiger partial charge in [-0.25, -0.2) is 0 Å². The van der Waals surface area contributed by atoms with Crippen LogP contribution in [0.25, 0.3) is 24.3 Å². The van der Waals surface area contributed by atoms with Gasteiger partial charge in [0.25, 0.3) is 0 Å². The van der Waals surface area contributed by atoms with E-state index in [9.17, 15) is 0 Å². The van der Waals surface area contributed by atoms with E-state index in [2.05, 4.69) is 58.8 Å². The Morgan fingerprint density at radius 2 is 0.633 bits per heavy atom. The highest BCUT2D eigenvalue weighted by Gasteiger charge is 1.94. The third kappa shape index (κ3) is 5.73. The van der Waals surface area contributed by atoms with Crippen molar-refractivity contribution < 1.29 is 0 Å². The summed E-state index contributed by atoms with van der Waals surface area (Å²) in [6.45, 7) is 0. The van der Waals surface area contributed by atoms with Crippen LogP contribution >= 0.6 is 0 Å². The molecule has 0 aliphatic heterocycles. The first kappa shape index (κ1) is 19.3. The molecule has 0 aliphatic carbocycles. The van der Waals surface area contributed by atoms with E-state index >= 15 is 0 Å². The molecule has 4 aromatic carbocycles. The average molecular weight is 386 g/mol. The van der Waals surface area contributed by atoms with Crippen molar-refractivity contribution in [3.05, 3.63) is 131 Å². The van der Waals surface area contributed by atoms with Gasteiger partial charge in [0, 0.05) is 0 Å². The van der Waals surface area contributed by atoms with Crippen molar-refractivity contribution >= 4 is 35.7 Å². The van der Waals surface area contributed by atoms with E-state index in [-0.39, 0.29) is 0 Å². The SMILES string of the molecule is C(=Cc1ccc(N=Nc2ccc(C=Cc3ccccc3)cc2)cc1)c1ccccc1. The van der Waals surface area contributed by atoms with E-state index in [1.54, 1.807) is 0 Å². The van der Waals surface area contributed by atoms with Crippen molar-refractivity contribution in [3.63, 3.8) is 0 Å². The van der Waals surface area contributed by atoms with Gasteiger partial charge in [0.2, 0.25) is 0 Å². The molecule has 0 amide bonds. The van der Waals surface area contributed by atoms with Gasteiger partial charge in [-0.1, -0.05) is 109 Å². The molecule has 0 saturated carbocycles. The Kier molecular flexibility index (Phi) is 6.39. The topological polar surface area (TPSA) is 24.7 Å². The summed E-state index contributed by atoms with van der Waals surface area (Å²) in [7, 11) is 0. The zero-order valence-electron chi connectivity index (χ0n) is 16.6. The third-order valence-electron chi connectivity index (χ3n) is 4.60. The van der Waals surface area contributed by atoms with Crippen LogP contribution < -0.4 is 0 Å². The Bertz CT molecular complexity index is 1040. The molecule has 0 N–H and O–H groups in total. The third-order valence-corrected chi connectivity index (χ3v) is 4.60. The smallest absolute Gasteiger partial charge is 0.0857 e. The van der Waals surface area contributed by atoms with Crippen molar-refractivity contribution in [3.8, 4) is 0 Å². The molecule has 0 radical (unpaired) electrons. The second-order valence-corrected chi connectivity index (χ2v) is 6.87. The molecule has 144 valence electrons. The number of hydrogen-bond acceptors (Lipinski definition) is 2. The summed E-state index contributed by atoms with van der Waals surface area (Å²) in [6, 6.07) is 36.6. The fraction of sp³-hybridized carbons (Fsp3) is 0. The van der Waals surface area contributed by atoms with Gasteiger partial charge in [-0.05, 0) is 46.5 Å². The molecule has 2 nitrogen and oxygen atoms in total. The van der Waals surface area contributed by atoms with Crippen LogP contribution in [0.15, 0.2) is 119 Å². The van der Waals surface area contributed by atoms with E-state index in [1.165, 1.54) is 11.1 Å². The number of nitrogens with zero attached hydrogens (tertiary/aromatic N) is 2. The molecular weight excluding hydrogens is 364 g/mol. The van der Waals surface area contributed by atoms with Gasteiger partial charge >= 0.3 is 0 Å². The highest BCUT2D eigenvalue weighted by Crippen LogP contribution is 2.20. The molecule has 0 spiro atoms. The molecule has 0 aliphatic rings. The van der Waals surface area contributed by atoms with Crippen LogP contribution in [0.4, 0.5) is 11.4 Å². The molecule has 0 fully saturated rings. The number of rotatable bonds is 6. The maximum Gasteiger partial charge on any atom is 0.0857 e. The Labute approximate surface area is 177 Å². The minimum atomic E-state index is 0.833. The molecule has 0 heterocycles. The van der Waals surface area contributed by atoms with Gasteiger partial charge < -0.3 is 0 Å². The molecule has 4 rings (SSSR count). The normalized spacial score (nSPS) is 11.6. The Balaban J connectivity index is 1.36. The number of benzene rings is 4. The maximum atomic E-state index is 4.34. The van der Waals surface area contributed by atoms with Gasteiger partial charge in [0.05, 0.1) is 11.4 Å². The van der Waals surface area contributed by atoms with Crippen LogP contribution in [0.1, 0.15) is 22.3 Å². The molecule has 2 heteroatoms. The average Bonchev–Trinajstić information content (AvgIpc) is 2.83. The largest absolute Gasteiger partial charge is 0.151 e. The predicted octanol–water partition coefficient (Wildman–Crippen LogP) is 8.44. The molecule has 0 saturated heterocycles. The molecule has 0 bridgehead atoms. The minimum absolute atomic E-state index is 0.833. The number of hydrogen-bond donors (Lipinski definition) is 0. The van der Waals surface area contributed by atoms with Crippen LogP contribution in [0.3, 0.4) is 0 Å². The second kappa shape index (κ2) is 9.94. The van der Waals surface area contributed by atoms with E-state index in [0.717, 1.165) is 22.5 Å². The maximum absolute atomic E-state index is 4.34. The summed E-state index contributed by atoms with van der Waals surface area (Å²) in [5, 5.41) is 8.68. The van der Waals surface area contributed by atoms with E-state index < -0.39 is 0 Å². The van der Waals surface area contributed by atoms with Crippen LogP contribution in [-0.4, -0.2) is 0 Å². The second-order valence-electron chi connectivity index (χ2n) is 6.87. The first-order valence-corrected chi connectivity index (χ1v) is 9.93.